The fraction of sp³-hybridized carbons (Fsp3) is 0.158. The molecule has 0 spiro atoms. The van der Waals surface area contributed by atoms with Crippen molar-refractivity contribution >= 4 is 40.3 Å². The van der Waals surface area contributed by atoms with Gasteiger partial charge in [0.25, 0.3) is 0 Å². The normalized spacial score (nSPS) is 10.6. The summed E-state index contributed by atoms with van der Waals surface area (Å²) in [4.78, 5) is 0. The van der Waals surface area contributed by atoms with Crippen molar-refractivity contribution in [2.75, 3.05) is 10.6 Å². The number of hydrogen-bond acceptors (Lipinski definition) is 2. The van der Waals surface area contributed by atoms with Crippen LogP contribution in [0.25, 0.3) is 0 Å². The van der Waals surface area contributed by atoms with Crippen molar-refractivity contribution < 1.29 is 4.39 Å². The monoisotopic (exact) mass is 388 g/mol. The first-order valence-electron chi connectivity index (χ1n) is 8.04. The lowest BCUT2D eigenvalue weighted by molar-refractivity contribution is 0.628. The SMILES string of the molecule is Cc1cc(C)n(Cc2cccc(NC(=S)Nc3ccc(F)c(Cl)c3)c2)n1. The van der Waals surface area contributed by atoms with Gasteiger partial charge in [0.2, 0.25) is 0 Å². The summed E-state index contributed by atoms with van der Waals surface area (Å²) in [5, 5.41) is 11.0. The number of thiocarbonyl (C=S) groups is 1. The molecule has 0 unspecified atom stereocenters. The van der Waals surface area contributed by atoms with E-state index >= 15 is 0 Å². The number of aromatic nitrogens is 2. The third-order valence-electron chi connectivity index (χ3n) is 3.80. The zero-order valence-electron chi connectivity index (χ0n) is 14.4. The molecular weight excluding hydrogens is 371 g/mol. The minimum absolute atomic E-state index is 0.0460. The van der Waals surface area contributed by atoms with E-state index in [9.17, 15) is 4.39 Å². The number of anilines is 2. The molecule has 0 saturated carbocycles. The highest BCUT2D eigenvalue weighted by Gasteiger charge is 2.05. The highest BCUT2D eigenvalue weighted by atomic mass is 35.5. The van der Waals surface area contributed by atoms with Gasteiger partial charge in [-0.05, 0) is 68.0 Å². The summed E-state index contributed by atoms with van der Waals surface area (Å²) in [5.74, 6) is -0.465. The Morgan fingerprint density at radius 2 is 1.85 bits per heavy atom. The maximum Gasteiger partial charge on any atom is 0.175 e. The molecule has 0 radical (unpaired) electrons. The number of nitrogens with zero attached hydrogens (tertiary/aromatic N) is 2. The van der Waals surface area contributed by atoms with Crippen LogP contribution in [-0.2, 0) is 6.54 Å². The van der Waals surface area contributed by atoms with Gasteiger partial charge in [0.1, 0.15) is 5.82 Å². The maximum atomic E-state index is 13.2. The van der Waals surface area contributed by atoms with Gasteiger partial charge in [-0.1, -0.05) is 23.7 Å². The van der Waals surface area contributed by atoms with E-state index in [-0.39, 0.29) is 5.02 Å². The van der Waals surface area contributed by atoms with E-state index in [1.54, 1.807) is 6.07 Å². The summed E-state index contributed by atoms with van der Waals surface area (Å²) >= 11 is 11.1. The number of rotatable bonds is 4. The maximum absolute atomic E-state index is 13.2. The Labute approximate surface area is 162 Å². The van der Waals surface area contributed by atoms with Gasteiger partial charge in [-0.15, -0.1) is 0 Å². The Balaban J connectivity index is 1.67. The first-order chi connectivity index (χ1) is 12.4. The third-order valence-corrected chi connectivity index (χ3v) is 4.29. The second kappa shape index (κ2) is 7.85. The molecular formula is C19H18ClFN4S. The summed E-state index contributed by atoms with van der Waals surface area (Å²) in [6, 6.07) is 14.4. The minimum Gasteiger partial charge on any atom is -0.332 e. The van der Waals surface area contributed by atoms with Crippen molar-refractivity contribution in [2.24, 2.45) is 0 Å². The van der Waals surface area contributed by atoms with Gasteiger partial charge in [0, 0.05) is 17.1 Å². The van der Waals surface area contributed by atoms with Gasteiger partial charge >= 0.3 is 0 Å². The molecule has 0 aliphatic heterocycles. The zero-order valence-corrected chi connectivity index (χ0v) is 16.0. The topological polar surface area (TPSA) is 41.9 Å². The van der Waals surface area contributed by atoms with Crippen LogP contribution in [0.1, 0.15) is 17.0 Å². The van der Waals surface area contributed by atoms with E-state index in [1.165, 1.54) is 12.1 Å². The predicted octanol–water partition coefficient (Wildman–Crippen LogP) is 5.15. The summed E-state index contributed by atoms with van der Waals surface area (Å²) in [6.07, 6.45) is 0. The van der Waals surface area contributed by atoms with E-state index < -0.39 is 5.82 Å². The lowest BCUT2D eigenvalue weighted by atomic mass is 10.2. The van der Waals surface area contributed by atoms with Gasteiger partial charge in [-0.2, -0.15) is 5.10 Å². The quantitative estimate of drug-likeness (QED) is 0.606. The molecule has 2 aromatic carbocycles. The van der Waals surface area contributed by atoms with Crippen molar-refractivity contribution in [3.63, 3.8) is 0 Å². The Morgan fingerprint density at radius 3 is 2.50 bits per heavy atom. The average molecular weight is 389 g/mol. The molecule has 1 heterocycles. The third kappa shape index (κ3) is 4.59. The molecule has 0 atom stereocenters. The molecule has 0 aliphatic rings. The number of aryl methyl sites for hydroxylation is 2. The Hall–Kier alpha value is -2.44. The number of halogens is 2. The lowest BCUT2D eigenvalue weighted by Gasteiger charge is -2.12. The molecule has 3 rings (SSSR count). The molecule has 0 saturated heterocycles. The van der Waals surface area contributed by atoms with E-state index in [1.807, 2.05) is 42.8 Å². The highest BCUT2D eigenvalue weighted by molar-refractivity contribution is 7.80. The molecule has 4 nitrogen and oxygen atoms in total. The van der Waals surface area contributed by atoms with Crippen LogP contribution in [0.2, 0.25) is 5.02 Å². The highest BCUT2D eigenvalue weighted by Crippen LogP contribution is 2.20. The minimum atomic E-state index is -0.465. The number of benzene rings is 2. The Morgan fingerprint density at radius 1 is 1.12 bits per heavy atom. The largest absolute Gasteiger partial charge is 0.332 e. The van der Waals surface area contributed by atoms with E-state index in [2.05, 4.69) is 21.8 Å². The number of nitrogens with one attached hydrogen (secondary N) is 2. The summed E-state index contributed by atoms with van der Waals surface area (Å²) in [7, 11) is 0. The first-order valence-corrected chi connectivity index (χ1v) is 8.82. The van der Waals surface area contributed by atoms with E-state index in [4.69, 9.17) is 23.8 Å². The standard InChI is InChI=1S/C19H18ClFN4S/c1-12-8-13(2)25(24-12)11-14-4-3-5-15(9-14)22-19(26)23-16-6-7-18(21)17(20)10-16/h3-10H,11H2,1-2H3,(H2,22,23,26). The van der Waals surface area contributed by atoms with Crippen molar-refractivity contribution in [1.82, 2.24) is 9.78 Å². The van der Waals surface area contributed by atoms with Crippen LogP contribution in [0.3, 0.4) is 0 Å². The van der Waals surface area contributed by atoms with Crippen molar-refractivity contribution in [2.45, 2.75) is 20.4 Å². The molecule has 134 valence electrons. The van der Waals surface area contributed by atoms with Crippen LogP contribution in [-0.4, -0.2) is 14.9 Å². The smallest absolute Gasteiger partial charge is 0.175 e. The fourth-order valence-corrected chi connectivity index (χ4v) is 3.04. The Bertz CT molecular complexity index is 954. The predicted molar refractivity (Wildman–Crippen MR) is 108 cm³/mol. The number of hydrogen-bond donors (Lipinski definition) is 2. The zero-order chi connectivity index (χ0) is 18.7. The van der Waals surface area contributed by atoms with Crippen LogP contribution in [0, 0.1) is 19.7 Å². The molecule has 3 aromatic rings. The summed E-state index contributed by atoms with van der Waals surface area (Å²) in [5.41, 5.74) is 4.70. The van der Waals surface area contributed by atoms with E-state index in [0.29, 0.717) is 17.3 Å². The van der Waals surface area contributed by atoms with Crippen molar-refractivity contribution in [3.05, 3.63) is 76.3 Å². The van der Waals surface area contributed by atoms with Crippen LogP contribution >= 0.6 is 23.8 Å². The van der Waals surface area contributed by atoms with Crippen molar-refractivity contribution in [3.8, 4) is 0 Å². The summed E-state index contributed by atoms with van der Waals surface area (Å²) < 4.78 is 15.2. The van der Waals surface area contributed by atoms with Gasteiger partial charge < -0.3 is 10.6 Å². The van der Waals surface area contributed by atoms with E-state index in [0.717, 1.165) is 22.6 Å². The first kappa shape index (κ1) is 18.4. The molecule has 7 heteroatoms. The molecule has 2 N–H and O–H groups in total. The fourth-order valence-electron chi connectivity index (χ4n) is 2.62. The molecule has 26 heavy (non-hydrogen) atoms. The van der Waals surface area contributed by atoms with Crippen LogP contribution < -0.4 is 10.6 Å². The Kier molecular flexibility index (Phi) is 5.54. The van der Waals surface area contributed by atoms with Crippen LogP contribution in [0.5, 0.6) is 0 Å². The molecule has 0 amide bonds. The summed E-state index contributed by atoms with van der Waals surface area (Å²) in [6.45, 7) is 4.70. The average Bonchev–Trinajstić information content (AvgIpc) is 2.88. The van der Waals surface area contributed by atoms with Crippen molar-refractivity contribution in [1.29, 1.82) is 0 Å². The van der Waals surface area contributed by atoms with Crippen LogP contribution in [0.15, 0.2) is 48.5 Å². The van der Waals surface area contributed by atoms with Gasteiger partial charge in [0.05, 0.1) is 17.3 Å². The molecule has 0 fully saturated rings. The molecule has 0 bridgehead atoms. The lowest BCUT2D eigenvalue weighted by Crippen LogP contribution is -2.19. The molecule has 1 aromatic heterocycles. The van der Waals surface area contributed by atoms with Gasteiger partial charge in [0.15, 0.2) is 5.11 Å². The second-order valence-corrected chi connectivity index (χ2v) is 6.81. The molecule has 0 aliphatic carbocycles. The van der Waals surface area contributed by atoms with Gasteiger partial charge in [-0.3, -0.25) is 4.68 Å². The van der Waals surface area contributed by atoms with Gasteiger partial charge in [-0.25, -0.2) is 4.39 Å². The van der Waals surface area contributed by atoms with Crippen LogP contribution in [0.4, 0.5) is 15.8 Å². The second-order valence-electron chi connectivity index (χ2n) is 5.99.